The molecule has 1 aliphatic heterocycles. The molecule has 4 rings (SSSR count). The first-order valence-electron chi connectivity index (χ1n) is 10.00. The molecular formula is C19H28BF4O2P. The highest BCUT2D eigenvalue weighted by atomic mass is 31.1. The summed E-state index contributed by atoms with van der Waals surface area (Å²) in [4.78, 5) is 0. The van der Waals surface area contributed by atoms with Crippen LogP contribution in [0.15, 0.2) is 24.3 Å². The molecule has 0 aromatic heterocycles. The molecule has 0 N–H and O–H groups in total. The number of rotatable bonds is 4. The SMILES string of the molecule is F[B-](F)(F)F.c1ccc([PH+](C2CCCC2)C2CCCC2)c(C2OCCO2)c1. The summed E-state index contributed by atoms with van der Waals surface area (Å²) in [7, 11) is -6.50. The van der Waals surface area contributed by atoms with Crippen molar-refractivity contribution < 1.29 is 26.7 Å². The Balaban J connectivity index is 0.000000376. The maximum absolute atomic E-state index is 9.75. The zero-order chi connectivity index (χ0) is 19.3. The summed E-state index contributed by atoms with van der Waals surface area (Å²) in [6.07, 6.45) is 11.6. The molecule has 0 atom stereocenters. The summed E-state index contributed by atoms with van der Waals surface area (Å²) in [5, 5.41) is 1.64. The number of hydrogen-bond donors (Lipinski definition) is 0. The Morgan fingerprint density at radius 3 is 1.70 bits per heavy atom. The van der Waals surface area contributed by atoms with E-state index < -0.39 is 15.2 Å². The number of hydrogen-bond acceptors (Lipinski definition) is 2. The van der Waals surface area contributed by atoms with Gasteiger partial charge >= 0.3 is 7.25 Å². The molecule has 1 aromatic rings. The fourth-order valence-corrected chi connectivity index (χ4v) is 9.18. The lowest BCUT2D eigenvalue weighted by Crippen LogP contribution is -2.23. The maximum atomic E-state index is 9.75. The molecule has 2 nitrogen and oxygen atoms in total. The van der Waals surface area contributed by atoms with Crippen molar-refractivity contribution in [1.29, 1.82) is 0 Å². The quantitative estimate of drug-likeness (QED) is 0.360. The topological polar surface area (TPSA) is 18.5 Å². The lowest BCUT2D eigenvalue weighted by atomic mass is 10.2. The molecule has 1 aromatic carbocycles. The standard InChI is InChI=1S/C19H27O2P.BF4/c1-2-8-15(7-1)22(16-9-3-4-10-16)18-12-6-5-11-17(18)19-20-13-14-21-19;2-1(3,4)5/h5-6,11-12,15-16,19H,1-4,7-10,13-14H2;/q;-1/p+1. The Bertz CT molecular complexity index is 561. The van der Waals surface area contributed by atoms with Crippen molar-refractivity contribution in [3.63, 3.8) is 0 Å². The molecule has 0 spiro atoms. The second-order valence-corrected chi connectivity index (χ2v) is 10.7. The largest absolute Gasteiger partial charge is 0.673 e. The fraction of sp³-hybridized carbons (Fsp3) is 0.684. The second kappa shape index (κ2) is 9.71. The minimum Gasteiger partial charge on any atom is -0.418 e. The van der Waals surface area contributed by atoms with Gasteiger partial charge in [-0.25, -0.2) is 0 Å². The number of ether oxygens (including phenoxy) is 2. The number of halogens is 4. The lowest BCUT2D eigenvalue weighted by molar-refractivity contribution is -0.0433. The van der Waals surface area contributed by atoms with E-state index in [1.807, 2.05) is 0 Å². The third kappa shape index (κ3) is 6.17. The summed E-state index contributed by atoms with van der Waals surface area (Å²) >= 11 is 0. The van der Waals surface area contributed by atoms with Crippen LogP contribution in [-0.2, 0) is 9.47 Å². The molecule has 2 saturated carbocycles. The molecule has 1 heterocycles. The van der Waals surface area contributed by atoms with Crippen molar-refractivity contribution in [2.75, 3.05) is 13.2 Å². The minimum absolute atomic E-state index is 0.0981. The van der Waals surface area contributed by atoms with Crippen LogP contribution in [0, 0.1) is 0 Å². The second-order valence-electron chi connectivity index (χ2n) is 7.57. The molecule has 0 unspecified atom stereocenters. The third-order valence-corrected chi connectivity index (χ3v) is 9.73. The van der Waals surface area contributed by atoms with Gasteiger partial charge in [0.2, 0.25) is 0 Å². The van der Waals surface area contributed by atoms with E-state index in [-0.39, 0.29) is 6.29 Å². The predicted octanol–water partition coefficient (Wildman–Crippen LogP) is 5.76. The van der Waals surface area contributed by atoms with Crippen LogP contribution in [0.5, 0.6) is 0 Å². The first kappa shape index (κ1) is 21.1. The van der Waals surface area contributed by atoms with Gasteiger partial charge in [0.15, 0.2) is 6.29 Å². The normalized spacial score (nSPS) is 22.4. The first-order chi connectivity index (χ1) is 12.9. The van der Waals surface area contributed by atoms with E-state index in [1.165, 1.54) is 56.9 Å². The Morgan fingerprint density at radius 2 is 1.22 bits per heavy atom. The maximum Gasteiger partial charge on any atom is 0.673 e. The van der Waals surface area contributed by atoms with Gasteiger partial charge in [-0.2, -0.15) is 0 Å². The predicted molar refractivity (Wildman–Crippen MR) is 104 cm³/mol. The van der Waals surface area contributed by atoms with Gasteiger partial charge in [-0.15, -0.1) is 0 Å². The molecule has 0 amide bonds. The van der Waals surface area contributed by atoms with Crippen molar-refractivity contribution >= 4 is 20.5 Å². The minimum atomic E-state index is -6.00. The van der Waals surface area contributed by atoms with E-state index in [9.17, 15) is 17.3 Å². The third-order valence-electron chi connectivity index (χ3n) is 5.74. The van der Waals surface area contributed by atoms with Crippen molar-refractivity contribution in [2.45, 2.75) is 69.0 Å². The Kier molecular flexibility index (Phi) is 7.58. The Labute approximate surface area is 159 Å². The highest BCUT2D eigenvalue weighted by Crippen LogP contribution is 2.57. The van der Waals surface area contributed by atoms with Gasteiger partial charge in [0, 0.05) is 13.5 Å². The molecule has 2 aliphatic carbocycles. The highest BCUT2D eigenvalue weighted by Gasteiger charge is 2.42. The molecule has 152 valence electrons. The molecule has 27 heavy (non-hydrogen) atoms. The van der Waals surface area contributed by atoms with E-state index in [2.05, 4.69) is 24.3 Å². The van der Waals surface area contributed by atoms with Crippen LogP contribution in [0.1, 0.15) is 63.2 Å². The highest BCUT2D eigenvalue weighted by molar-refractivity contribution is 7.67. The van der Waals surface area contributed by atoms with E-state index in [0.717, 1.165) is 24.5 Å². The van der Waals surface area contributed by atoms with E-state index in [0.29, 0.717) is 0 Å². The van der Waals surface area contributed by atoms with Crippen LogP contribution >= 0.6 is 7.92 Å². The molecule has 8 heteroatoms. The molecule has 3 fully saturated rings. The molecular weight excluding hydrogens is 378 g/mol. The van der Waals surface area contributed by atoms with Crippen molar-refractivity contribution in [3.8, 4) is 0 Å². The van der Waals surface area contributed by atoms with Crippen molar-refractivity contribution in [2.24, 2.45) is 0 Å². The Morgan fingerprint density at radius 1 is 0.778 bits per heavy atom. The zero-order valence-electron chi connectivity index (χ0n) is 15.5. The zero-order valence-corrected chi connectivity index (χ0v) is 16.5. The summed E-state index contributed by atoms with van der Waals surface area (Å²) in [5.41, 5.74) is 3.32. The van der Waals surface area contributed by atoms with Crippen LogP contribution in [0.4, 0.5) is 17.3 Å². The van der Waals surface area contributed by atoms with Crippen molar-refractivity contribution in [1.82, 2.24) is 0 Å². The van der Waals surface area contributed by atoms with Gasteiger partial charge in [0.1, 0.15) is 5.30 Å². The van der Waals surface area contributed by atoms with Crippen LogP contribution in [-0.4, -0.2) is 31.8 Å². The van der Waals surface area contributed by atoms with Gasteiger partial charge in [-0.1, -0.05) is 12.1 Å². The molecule has 3 aliphatic rings. The van der Waals surface area contributed by atoms with Gasteiger partial charge in [0.25, 0.3) is 0 Å². The van der Waals surface area contributed by atoms with E-state index in [1.54, 1.807) is 5.30 Å². The number of benzene rings is 1. The molecule has 0 bridgehead atoms. The van der Waals surface area contributed by atoms with Crippen LogP contribution in [0.3, 0.4) is 0 Å². The Hall–Kier alpha value is -0.645. The fourth-order valence-electron chi connectivity index (χ4n) is 4.75. The van der Waals surface area contributed by atoms with Crippen LogP contribution in [0.25, 0.3) is 0 Å². The molecule has 1 saturated heterocycles. The summed E-state index contributed by atoms with van der Waals surface area (Å²) < 4.78 is 50.7. The van der Waals surface area contributed by atoms with Crippen LogP contribution in [0.2, 0.25) is 0 Å². The van der Waals surface area contributed by atoms with Gasteiger partial charge in [0.05, 0.1) is 24.5 Å². The van der Waals surface area contributed by atoms with E-state index in [4.69, 9.17) is 9.47 Å². The smallest absolute Gasteiger partial charge is 0.418 e. The average Bonchev–Trinajstić information content (AvgIpc) is 3.38. The summed E-state index contributed by atoms with van der Waals surface area (Å²) in [5.74, 6) is 0. The first-order valence-corrected chi connectivity index (χ1v) is 11.7. The summed E-state index contributed by atoms with van der Waals surface area (Å²) in [6.45, 7) is 1.49. The summed E-state index contributed by atoms with van der Waals surface area (Å²) in [6, 6.07) is 9.07. The van der Waals surface area contributed by atoms with E-state index >= 15 is 0 Å². The lowest BCUT2D eigenvalue weighted by Gasteiger charge is -2.25. The molecule has 0 radical (unpaired) electrons. The van der Waals surface area contributed by atoms with Crippen molar-refractivity contribution in [3.05, 3.63) is 29.8 Å². The van der Waals surface area contributed by atoms with Gasteiger partial charge in [-0.05, 0) is 63.5 Å². The monoisotopic (exact) mass is 406 g/mol. The van der Waals surface area contributed by atoms with Gasteiger partial charge in [-0.3, -0.25) is 0 Å². The van der Waals surface area contributed by atoms with Crippen LogP contribution < -0.4 is 5.30 Å². The van der Waals surface area contributed by atoms with Gasteiger partial charge < -0.3 is 26.7 Å². The average molecular weight is 406 g/mol.